The molecule has 1 heterocycles. The summed E-state index contributed by atoms with van der Waals surface area (Å²) in [6.45, 7) is 0.349. The van der Waals surface area contributed by atoms with E-state index in [9.17, 15) is 9.59 Å². The topological polar surface area (TPSA) is 60.3 Å². The third-order valence-electron chi connectivity index (χ3n) is 3.08. The van der Waals surface area contributed by atoms with E-state index in [4.69, 9.17) is 9.47 Å². The predicted octanol–water partition coefficient (Wildman–Crippen LogP) is 0.842. The fourth-order valence-electron chi connectivity index (χ4n) is 2.03. The van der Waals surface area contributed by atoms with Gasteiger partial charge in [-0.1, -0.05) is 0 Å². The van der Waals surface area contributed by atoms with E-state index in [0.717, 1.165) is 22.2 Å². The molecule has 6 nitrogen and oxygen atoms in total. The molecule has 118 valence electrons. The maximum Gasteiger partial charge on any atom is 0.298 e. The molecule has 22 heavy (non-hydrogen) atoms. The van der Waals surface area contributed by atoms with E-state index in [2.05, 4.69) is 0 Å². The fraction of sp³-hybridized carbons (Fsp3) is 0.333. The van der Waals surface area contributed by atoms with E-state index in [1.54, 1.807) is 38.5 Å². The highest BCUT2D eigenvalue weighted by atomic mass is 32.2. The highest BCUT2D eigenvalue weighted by Crippen LogP contribution is 2.34. The quantitative estimate of drug-likeness (QED) is 0.814. The summed E-state index contributed by atoms with van der Waals surface area (Å²) in [5.41, 5.74) is 0.728. The Balaban J connectivity index is 2.30. The van der Waals surface area contributed by atoms with Crippen molar-refractivity contribution in [2.45, 2.75) is 0 Å². The van der Waals surface area contributed by atoms with Crippen molar-refractivity contribution in [1.29, 1.82) is 0 Å². The Labute approximate surface area is 133 Å². The summed E-state index contributed by atoms with van der Waals surface area (Å²) < 4.78 is 10.4. The molecule has 0 aromatic heterocycles. The summed E-state index contributed by atoms with van der Waals surface area (Å²) in [6.07, 6.45) is 1.67. The number of quaternary nitrogens is 1. The van der Waals surface area contributed by atoms with Crippen LogP contribution in [0.5, 0.6) is 11.5 Å². The highest BCUT2D eigenvalue weighted by Gasteiger charge is 2.36. The van der Waals surface area contributed by atoms with Gasteiger partial charge in [0.15, 0.2) is 6.67 Å². The average Bonchev–Trinajstić information content (AvgIpc) is 2.75. The highest BCUT2D eigenvalue weighted by molar-refractivity contribution is 8.18. The molecule has 1 fully saturated rings. The van der Waals surface area contributed by atoms with Crippen molar-refractivity contribution in [3.05, 3.63) is 28.7 Å². The first-order valence-corrected chi connectivity index (χ1v) is 7.54. The molecule has 0 spiro atoms. The number of ether oxygens (including phenoxy) is 2. The minimum Gasteiger partial charge on any atom is -0.497 e. The molecule has 0 saturated carbocycles. The molecular weight excluding hydrogens is 304 g/mol. The molecule has 1 aliphatic heterocycles. The monoisotopic (exact) mass is 323 g/mol. The Morgan fingerprint density at radius 2 is 1.95 bits per heavy atom. The molecule has 0 unspecified atom stereocenters. The van der Waals surface area contributed by atoms with Crippen LogP contribution in [-0.4, -0.2) is 51.0 Å². The fourth-order valence-corrected chi connectivity index (χ4v) is 2.86. The van der Waals surface area contributed by atoms with Gasteiger partial charge in [0.1, 0.15) is 11.5 Å². The lowest BCUT2D eigenvalue weighted by Crippen LogP contribution is -3.07. The number of imide groups is 1. The van der Waals surface area contributed by atoms with E-state index in [1.807, 2.05) is 14.1 Å². The summed E-state index contributed by atoms with van der Waals surface area (Å²) in [5, 5.41) is -0.245. The van der Waals surface area contributed by atoms with Crippen LogP contribution in [0.1, 0.15) is 5.56 Å². The first-order valence-electron chi connectivity index (χ1n) is 6.72. The van der Waals surface area contributed by atoms with Gasteiger partial charge in [0.25, 0.3) is 11.1 Å². The summed E-state index contributed by atoms with van der Waals surface area (Å²) in [5.74, 6) is 0.983. The molecule has 0 atom stereocenters. The normalized spacial score (nSPS) is 16.8. The molecular formula is C15H19N2O4S+. The predicted molar refractivity (Wildman–Crippen MR) is 85.0 cm³/mol. The van der Waals surface area contributed by atoms with Crippen LogP contribution in [0.4, 0.5) is 4.79 Å². The molecule has 0 radical (unpaired) electrons. The van der Waals surface area contributed by atoms with Gasteiger partial charge in [0.05, 0.1) is 33.2 Å². The van der Waals surface area contributed by atoms with Gasteiger partial charge in [-0.15, -0.1) is 0 Å². The average molecular weight is 323 g/mol. The van der Waals surface area contributed by atoms with Gasteiger partial charge in [0.2, 0.25) is 0 Å². The SMILES string of the molecule is COc1ccc(/C=C2/SC(=O)N(C[NH+](C)C)C2=O)c(OC)c1. The van der Waals surface area contributed by atoms with Gasteiger partial charge in [0, 0.05) is 11.6 Å². The Morgan fingerprint density at radius 3 is 2.55 bits per heavy atom. The van der Waals surface area contributed by atoms with Crippen molar-refractivity contribution in [3.63, 3.8) is 0 Å². The lowest BCUT2D eigenvalue weighted by atomic mass is 10.1. The summed E-state index contributed by atoms with van der Waals surface area (Å²) in [6, 6.07) is 5.31. The number of thioether (sulfide) groups is 1. The molecule has 2 rings (SSSR count). The lowest BCUT2D eigenvalue weighted by molar-refractivity contribution is -0.866. The summed E-state index contributed by atoms with van der Waals surface area (Å²) in [4.78, 5) is 26.9. The van der Waals surface area contributed by atoms with E-state index in [1.165, 1.54) is 4.90 Å². The number of rotatable bonds is 5. The van der Waals surface area contributed by atoms with Crippen molar-refractivity contribution in [3.8, 4) is 11.5 Å². The molecule has 0 bridgehead atoms. The number of methoxy groups -OCH3 is 2. The third kappa shape index (κ3) is 3.42. The maximum atomic E-state index is 12.3. The summed E-state index contributed by atoms with van der Waals surface area (Å²) >= 11 is 0.946. The van der Waals surface area contributed by atoms with Crippen LogP contribution < -0.4 is 14.4 Å². The van der Waals surface area contributed by atoms with Crippen molar-refractivity contribution < 1.29 is 24.0 Å². The summed E-state index contributed by atoms with van der Waals surface area (Å²) in [7, 11) is 6.90. The van der Waals surface area contributed by atoms with Gasteiger partial charge in [-0.2, -0.15) is 0 Å². The molecule has 1 N–H and O–H groups in total. The number of hydrogen-bond acceptors (Lipinski definition) is 5. The number of nitrogens with zero attached hydrogens (tertiary/aromatic N) is 1. The number of hydrogen-bond donors (Lipinski definition) is 1. The Bertz CT molecular complexity index is 628. The zero-order chi connectivity index (χ0) is 16.3. The van der Waals surface area contributed by atoms with E-state index in [0.29, 0.717) is 23.1 Å². The molecule has 7 heteroatoms. The minimum absolute atomic E-state index is 0.245. The van der Waals surface area contributed by atoms with Crippen LogP contribution >= 0.6 is 11.8 Å². The second-order valence-electron chi connectivity index (χ2n) is 5.08. The van der Waals surface area contributed by atoms with Crippen molar-refractivity contribution in [2.24, 2.45) is 0 Å². The molecule has 1 aromatic carbocycles. The van der Waals surface area contributed by atoms with Crippen molar-refractivity contribution in [2.75, 3.05) is 35.0 Å². The van der Waals surface area contributed by atoms with E-state index < -0.39 is 0 Å². The zero-order valence-electron chi connectivity index (χ0n) is 13.0. The number of amides is 2. The van der Waals surface area contributed by atoms with Gasteiger partial charge in [-0.25, -0.2) is 4.90 Å². The first kappa shape index (κ1) is 16.4. The number of benzene rings is 1. The Hall–Kier alpha value is -1.99. The standard InChI is InChI=1S/C15H18N2O4S/c1-16(2)9-17-14(18)13(22-15(17)19)7-10-5-6-11(20-3)8-12(10)21-4/h5-8H,9H2,1-4H3/p+1/b13-7+. The van der Waals surface area contributed by atoms with Crippen molar-refractivity contribution in [1.82, 2.24) is 4.90 Å². The van der Waals surface area contributed by atoms with Gasteiger partial charge in [-0.05, 0) is 30.0 Å². The van der Waals surface area contributed by atoms with Crippen LogP contribution in [0.2, 0.25) is 0 Å². The van der Waals surface area contributed by atoms with Crippen LogP contribution in [0.15, 0.2) is 23.1 Å². The van der Waals surface area contributed by atoms with Crippen LogP contribution in [0.25, 0.3) is 6.08 Å². The minimum atomic E-state index is -0.269. The van der Waals surface area contributed by atoms with Crippen LogP contribution in [-0.2, 0) is 4.79 Å². The number of nitrogens with one attached hydrogen (secondary N) is 1. The number of carbonyl (C=O) groups is 2. The van der Waals surface area contributed by atoms with Crippen LogP contribution in [0.3, 0.4) is 0 Å². The van der Waals surface area contributed by atoms with Crippen molar-refractivity contribution >= 4 is 29.0 Å². The Kier molecular flexibility index (Phi) is 5.10. The molecule has 1 aliphatic rings. The smallest absolute Gasteiger partial charge is 0.298 e. The molecule has 2 amide bonds. The third-order valence-corrected chi connectivity index (χ3v) is 3.98. The Morgan fingerprint density at radius 1 is 1.23 bits per heavy atom. The van der Waals surface area contributed by atoms with Gasteiger partial charge >= 0.3 is 0 Å². The maximum absolute atomic E-state index is 12.3. The lowest BCUT2D eigenvalue weighted by Gasteiger charge is -2.14. The van der Waals surface area contributed by atoms with E-state index in [-0.39, 0.29) is 11.1 Å². The largest absolute Gasteiger partial charge is 0.497 e. The second-order valence-corrected chi connectivity index (χ2v) is 6.08. The van der Waals surface area contributed by atoms with Gasteiger partial charge in [-0.3, -0.25) is 9.59 Å². The first-order chi connectivity index (χ1) is 10.5. The second kappa shape index (κ2) is 6.85. The van der Waals surface area contributed by atoms with Crippen LogP contribution in [0, 0.1) is 0 Å². The molecule has 1 aromatic rings. The number of carbonyl (C=O) groups excluding carboxylic acids is 2. The zero-order valence-corrected chi connectivity index (χ0v) is 13.8. The van der Waals surface area contributed by atoms with E-state index >= 15 is 0 Å². The van der Waals surface area contributed by atoms with Gasteiger partial charge < -0.3 is 14.4 Å². The molecule has 1 saturated heterocycles. The molecule has 0 aliphatic carbocycles.